The second-order valence-electron chi connectivity index (χ2n) is 9.23. The molecule has 10 heteroatoms. The summed E-state index contributed by atoms with van der Waals surface area (Å²) >= 11 is 0. The number of hydrogen-bond donors (Lipinski definition) is 2. The number of hydrogen-bond acceptors (Lipinski definition) is 9. The van der Waals surface area contributed by atoms with Crippen molar-refractivity contribution in [2.24, 2.45) is 7.05 Å². The van der Waals surface area contributed by atoms with Crippen molar-refractivity contribution in [3.63, 3.8) is 0 Å². The van der Waals surface area contributed by atoms with Crippen LogP contribution in [0.25, 0.3) is 22.1 Å². The van der Waals surface area contributed by atoms with Gasteiger partial charge in [0.15, 0.2) is 5.82 Å². The molecule has 0 radical (unpaired) electrons. The maximum absolute atomic E-state index is 9.65. The van der Waals surface area contributed by atoms with Gasteiger partial charge in [-0.3, -0.25) is 0 Å². The Hall–Kier alpha value is -4.31. The van der Waals surface area contributed by atoms with Crippen molar-refractivity contribution in [1.29, 1.82) is 0 Å². The van der Waals surface area contributed by atoms with E-state index in [1.54, 1.807) is 12.5 Å². The summed E-state index contributed by atoms with van der Waals surface area (Å²) in [5.41, 5.74) is 5.06. The average molecular weight is 483 g/mol. The third-order valence-electron chi connectivity index (χ3n) is 6.68. The van der Waals surface area contributed by atoms with Crippen LogP contribution >= 0.6 is 0 Å². The van der Waals surface area contributed by atoms with E-state index in [4.69, 9.17) is 9.72 Å². The fraction of sp³-hybridized carbons (Fsp3) is 0.269. The fourth-order valence-corrected chi connectivity index (χ4v) is 4.43. The van der Waals surface area contributed by atoms with Crippen molar-refractivity contribution in [2.75, 3.05) is 17.3 Å². The molecule has 182 valence electrons. The first kappa shape index (κ1) is 22.2. The number of ether oxygens (including phenoxy) is 1. The minimum absolute atomic E-state index is 0.229. The second kappa shape index (κ2) is 8.72. The summed E-state index contributed by atoms with van der Waals surface area (Å²) in [5.74, 6) is 2.68. The molecule has 0 amide bonds. The lowest BCUT2D eigenvalue weighted by atomic mass is 9.88. The highest BCUT2D eigenvalue weighted by atomic mass is 16.5. The van der Waals surface area contributed by atoms with Crippen LogP contribution in [0.5, 0.6) is 11.5 Å². The zero-order chi connectivity index (χ0) is 24.8. The number of aliphatic hydroxyl groups is 1. The third kappa shape index (κ3) is 4.05. The molecule has 3 aromatic heterocycles. The smallest absolute Gasteiger partial charge is 0.226 e. The van der Waals surface area contributed by atoms with Crippen LogP contribution in [-0.4, -0.2) is 53.8 Å². The number of nitrogens with one attached hydrogen (secondary N) is 1. The molecule has 1 fully saturated rings. The van der Waals surface area contributed by atoms with Gasteiger partial charge in [0, 0.05) is 31.9 Å². The van der Waals surface area contributed by atoms with Crippen molar-refractivity contribution >= 4 is 39.5 Å². The van der Waals surface area contributed by atoms with E-state index in [0.29, 0.717) is 22.8 Å². The van der Waals surface area contributed by atoms with Gasteiger partial charge in [0.1, 0.15) is 28.9 Å². The number of anilines is 3. The Balaban J connectivity index is 1.24. The summed E-state index contributed by atoms with van der Waals surface area (Å²) in [6.07, 6.45) is 6.19. The summed E-state index contributed by atoms with van der Waals surface area (Å²) in [7, 11) is 3.92. The molecular weight excluding hydrogens is 456 g/mol. The van der Waals surface area contributed by atoms with Gasteiger partial charge in [-0.1, -0.05) is 0 Å². The Kier molecular flexibility index (Phi) is 5.37. The summed E-state index contributed by atoms with van der Waals surface area (Å²) < 4.78 is 8.12. The molecule has 0 aliphatic heterocycles. The first-order valence-electron chi connectivity index (χ1n) is 11.8. The molecule has 0 atom stereocenters. The molecule has 5 aromatic rings. The first-order valence-corrected chi connectivity index (χ1v) is 11.8. The number of aromatic nitrogens is 6. The second-order valence-corrected chi connectivity index (χ2v) is 9.23. The predicted octanol–water partition coefficient (Wildman–Crippen LogP) is 4.11. The number of aryl methyl sites for hydroxylation is 2. The molecule has 1 aliphatic rings. The summed E-state index contributed by atoms with van der Waals surface area (Å²) in [4.78, 5) is 24.3. The maximum atomic E-state index is 9.65. The van der Waals surface area contributed by atoms with Gasteiger partial charge in [-0.15, -0.1) is 0 Å². The van der Waals surface area contributed by atoms with E-state index >= 15 is 0 Å². The molecule has 10 nitrogen and oxygen atoms in total. The zero-order valence-corrected chi connectivity index (χ0v) is 20.3. The van der Waals surface area contributed by atoms with E-state index < -0.39 is 0 Å². The molecule has 1 aliphatic carbocycles. The van der Waals surface area contributed by atoms with Gasteiger partial charge in [0.25, 0.3) is 0 Å². The summed E-state index contributed by atoms with van der Waals surface area (Å²) in [6.45, 7) is 2.00. The largest absolute Gasteiger partial charge is 0.457 e. The zero-order valence-electron chi connectivity index (χ0n) is 20.3. The van der Waals surface area contributed by atoms with Crippen molar-refractivity contribution in [2.45, 2.75) is 31.9 Å². The Labute approximate surface area is 207 Å². The number of imidazole rings is 1. The van der Waals surface area contributed by atoms with Gasteiger partial charge in [0.05, 0.1) is 29.7 Å². The maximum Gasteiger partial charge on any atom is 0.226 e. The van der Waals surface area contributed by atoms with Crippen molar-refractivity contribution in [1.82, 2.24) is 29.5 Å². The van der Waals surface area contributed by atoms with Crippen LogP contribution in [0, 0.1) is 6.92 Å². The molecule has 3 heterocycles. The lowest BCUT2D eigenvalue weighted by Crippen LogP contribution is -2.46. The van der Waals surface area contributed by atoms with E-state index in [9.17, 15) is 5.11 Å². The summed E-state index contributed by atoms with van der Waals surface area (Å²) in [5, 5.41) is 13.0. The number of aliphatic hydroxyl groups excluding tert-OH is 1. The Bertz CT molecular complexity index is 1580. The number of benzene rings is 2. The molecule has 36 heavy (non-hydrogen) atoms. The third-order valence-corrected chi connectivity index (χ3v) is 6.68. The number of nitrogens with zero attached hydrogens (tertiary/aromatic N) is 7. The fourth-order valence-electron chi connectivity index (χ4n) is 4.43. The van der Waals surface area contributed by atoms with Gasteiger partial charge in [-0.2, -0.15) is 0 Å². The minimum atomic E-state index is -0.244. The Morgan fingerprint density at radius 3 is 2.72 bits per heavy atom. The van der Waals surface area contributed by atoms with Crippen molar-refractivity contribution < 1.29 is 9.84 Å². The summed E-state index contributed by atoms with van der Waals surface area (Å²) in [6, 6.07) is 12.0. The standard InChI is InChI=1S/C26H26N8O2/c1-15-8-16(4-7-23(15)36-19-5-6-22-20(11-19)30-14-33(22)2)31-25-24-21(28-13-29-25)12-27-26(32-24)34(3)17-9-18(35)10-17/h4-8,11-14,17-18,35H,9-10H2,1-3H3,(H,28,29,31). The Morgan fingerprint density at radius 2 is 1.92 bits per heavy atom. The van der Waals surface area contributed by atoms with E-state index in [1.165, 1.54) is 6.33 Å². The van der Waals surface area contributed by atoms with E-state index in [1.807, 2.05) is 66.9 Å². The molecule has 2 N–H and O–H groups in total. The van der Waals surface area contributed by atoms with Crippen LogP contribution < -0.4 is 15.0 Å². The molecule has 1 saturated carbocycles. The molecule has 2 aromatic carbocycles. The van der Waals surface area contributed by atoms with E-state index in [-0.39, 0.29) is 12.1 Å². The number of fused-ring (bicyclic) bond motifs is 2. The minimum Gasteiger partial charge on any atom is -0.457 e. The van der Waals surface area contributed by atoms with Crippen LogP contribution in [0.15, 0.2) is 55.2 Å². The predicted molar refractivity (Wildman–Crippen MR) is 138 cm³/mol. The number of rotatable bonds is 6. The highest BCUT2D eigenvalue weighted by Gasteiger charge is 2.31. The van der Waals surface area contributed by atoms with Gasteiger partial charge < -0.3 is 24.6 Å². The highest BCUT2D eigenvalue weighted by molar-refractivity contribution is 5.87. The average Bonchev–Trinajstić information content (AvgIpc) is 3.23. The monoisotopic (exact) mass is 482 g/mol. The van der Waals surface area contributed by atoms with E-state index in [2.05, 4.69) is 25.3 Å². The molecule has 6 rings (SSSR count). The SMILES string of the molecule is Cc1cc(Nc2ncnc3cnc(N(C)C4CC(O)C4)nc23)ccc1Oc1ccc2c(c1)ncn2C. The van der Waals surface area contributed by atoms with Crippen LogP contribution in [0.4, 0.5) is 17.5 Å². The van der Waals surface area contributed by atoms with Gasteiger partial charge in [-0.25, -0.2) is 24.9 Å². The van der Waals surface area contributed by atoms with Crippen LogP contribution in [0.3, 0.4) is 0 Å². The van der Waals surface area contributed by atoms with Gasteiger partial charge in [0.2, 0.25) is 5.95 Å². The lowest BCUT2D eigenvalue weighted by molar-refractivity contribution is 0.0746. The molecular formula is C26H26N8O2. The van der Waals surface area contributed by atoms with Gasteiger partial charge in [-0.05, 0) is 55.7 Å². The molecule has 0 bridgehead atoms. The molecule has 0 saturated heterocycles. The van der Waals surface area contributed by atoms with Gasteiger partial charge >= 0.3 is 0 Å². The van der Waals surface area contributed by atoms with Crippen LogP contribution in [0.1, 0.15) is 18.4 Å². The highest BCUT2D eigenvalue weighted by Crippen LogP contribution is 2.32. The van der Waals surface area contributed by atoms with Crippen LogP contribution in [-0.2, 0) is 7.05 Å². The Morgan fingerprint density at radius 1 is 1.06 bits per heavy atom. The normalized spacial score (nSPS) is 17.2. The van der Waals surface area contributed by atoms with Crippen molar-refractivity contribution in [3.8, 4) is 11.5 Å². The quantitative estimate of drug-likeness (QED) is 0.369. The topological polar surface area (TPSA) is 114 Å². The molecule has 0 spiro atoms. The van der Waals surface area contributed by atoms with Crippen LogP contribution in [0.2, 0.25) is 0 Å². The van der Waals surface area contributed by atoms with Crippen molar-refractivity contribution in [3.05, 3.63) is 60.8 Å². The lowest BCUT2D eigenvalue weighted by Gasteiger charge is -2.38. The first-order chi connectivity index (χ1) is 17.4. The van der Waals surface area contributed by atoms with E-state index in [0.717, 1.165) is 46.6 Å². The molecule has 0 unspecified atom stereocenters.